The minimum Gasteiger partial charge on any atom is -0.394 e. The third-order valence-corrected chi connectivity index (χ3v) is 3.57. The predicted molar refractivity (Wildman–Crippen MR) is 84.7 cm³/mol. The maximum atomic E-state index is 9.62. The van der Waals surface area contributed by atoms with Gasteiger partial charge in [-0.2, -0.15) is 0 Å². The molecule has 0 spiro atoms. The van der Waals surface area contributed by atoms with Crippen LogP contribution in [0.4, 0.5) is 0 Å². The maximum Gasteiger partial charge on any atom is 0.0795 e. The summed E-state index contributed by atoms with van der Waals surface area (Å²) in [5, 5.41) is 27.5. The van der Waals surface area contributed by atoms with Gasteiger partial charge in [0.1, 0.15) is 0 Å². The van der Waals surface area contributed by atoms with Crippen molar-refractivity contribution in [1.82, 2.24) is 0 Å². The van der Waals surface area contributed by atoms with Gasteiger partial charge in [0.15, 0.2) is 0 Å². The summed E-state index contributed by atoms with van der Waals surface area (Å²) in [5.41, 5.74) is 0. The Labute approximate surface area is 124 Å². The lowest BCUT2D eigenvalue weighted by Gasteiger charge is -2.13. The number of hydrogen-bond donors (Lipinski definition) is 3. The van der Waals surface area contributed by atoms with E-state index < -0.39 is 12.2 Å². The smallest absolute Gasteiger partial charge is 0.0795 e. The largest absolute Gasteiger partial charge is 0.394 e. The molecule has 2 atom stereocenters. The van der Waals surface area contributed by atoms with Crippen LogP contribution in [-0.4, -0.2) is 34.1 Å². The third-order valence-electron chi connectivity index (χ3n) is 3.57. The first kappa shape index (κ1) is 19.6. The van der Waals surface area contributed by atoms with Crippen LogP contribution < -0.4 is 0 Å². The molecule has 0 saturated heterocycles. The van der Waals surface area contributed by atoms with Crippen molar-refractivity contribution < 1.29 is 15.3 Å². The molecule has 0 amide bonds. The van der Waals surface area contributed by atoms with Crippen LogP contribution in [0.1, 0.15) is 77.6 Å². The third kappa shape index (κ3) is 14.0. The monoisotopic (exact) mass is 286 g/mol. The molecule has 0 aliphatic carbocycles. The average molecular weight is 286 g/mol. The molecule has 0 heterocycles. The molecule has 0 aliphatic rings. The highest BCUT2D eigenvalue weighted by Crippen LogP contribution is 2.12. The summed E-state index contributed by atoms with van der Waals surface area (Å²) < 4.78 is 0. The molecule has 0 bridgehead atoms. The fourth-order valence-corrected chi connectivity index (χ4v) is 2.32. The molecule has 0 saturated carbocycles. The second-order valence-electron chi connectivity index (χ2n) is 5.66. The molecule has 0 aromatic carbocycles. The minimum absolute atomic E-state index is 0.259. The lowest BCUT2D eigenvalue weighted by atomic mass is 10.0. The first-order chi connectivity index (χ1) is 9.70. The van der Waals surface area contributed by atoms with E-state index in [2.05, 4.69) is 19.1 Å². The van der Waals surface area contributed by atoms with Crippen LogP contribution in [-0.2, 0) is 0 Å². The van der Waals surface area contributed by atoms with E-state index in [-0.39, 0.29) is 6.61 Å². The average Bonchev–Trinajstić information content (AvgIpc) is 2.44. The van der Waals surface area contributed by atoms with Gasteiger partial charge in [-0.25, -0.2) is 0 Å². The molecule has 0 fully saturated rings. The molecule has 3 nitrogen and oxygen atoms in total. The molecule has 0 aromatic heterocycles. The highest BCUT2D eigenvalue weighted by atomic mass is 16.3. The number of allylic oxidation sites excluding steroid dienone is 2. The van der Waals surface area contributed by atoms with Gasteiger partial charge >= 0.3 is 0 Å². The second kappa shape index (κ2) is 15.0. The molecule has 3 N–H and O–H groups in total. The van der Waals surface area contributed by atoms with Gasteiger partial charge in [-0.3, -0.25) is 0 Å². The molecule has 20 heavy (non-hydrogen) atoms. The van der Waals surface area contributed by atoms with E-state index in [1.54, 1.807) is 0 Å². The minimum atomic E-state index is -0.772. The predicted octanol–water partition coefficient (Wildman–Crippen LogP) is 3.57. The summed E-state index contributed by atoms with van der Waals surface area (Å²) >= 11 is 0. The van der Waals surface area contributed by atoms with Crippen molar-refractivity contribution in [3.05, 3.63) is 12.2 Å². The Morgan fingerprint density at radius 2 is 1.40 bits per heavy atom. The fourth-order valence-electron chi connectivity index (χ4n) is 2.32. The number of unbranched alkanes of at least 4 members (excludes halogenated alkanes) is 7. The van der Waals surface area contributed by atoms with Crippen molar-refractivity contribution in [1.29, 1.82) is 0 Å². The van der Waals surface area contributed by atoms with Crippen LogP contribution in [0.25, 0.3) is 0 Å². The van der Waals surface area contributed by atoms with E-state index in [1.807, 2.05) is 0 Å². The summed E-state index contributed by atoms with van der Waals surface area (Å²) in [7, 11) is 0. The zero-order valence-corrected chi connectivity index (χ0v) is 13.1. The van der Waals surface area contributed by atoms with Crippen molar-refractivity contribution in [2.24, 2.45) is 0 Å². The van der Waals surface area contributed by atoms with Crippen molar-refractivity contribution in [2.45, 2.75) is 89.8 Å². The van der Waals surface area contributed by atoms with Crippen LogP contribution in [0.3, 0.4) is 0 Å². The lowest BCUT2D eigenvalue weighted by Crippen LogP contribution is -2.20. The van der Waals surface area contributed by atoms with Crippen LogP contribution in [0.2, 0.25) is 0 Å². The Kier molecular flexibility index (Phi) is 14.7. The lowest BCUT2D eigenvalue weighted by molar-refractivity contribution is 0.0380. The Bertz CT molecular complexity index is 216. The summed E-state index contributed by atoms with van der Waals surface area (Å²) in [4.78, 5) is 0. The quantitative estimate of drug-likeness (QED) is 0.338. The molecular weight excluding hydrogens is 252 g/mol. The summed E-state index contributed by atoms with van der Waals surface area (Å²) in [6.07, 6.45) is 15.3. The zero-order chi connectivity index (χ0) is 15.1. The Hall–Kier alpha value is -0.380. The van der Waals surface area contributed by atoms with E-state index in [4.69, 9.17) is 5.11 Å². The Balaban J connectivity index is 3.18. The molecular formula is C17H34O3. The highest BCUT2D eigenvalue weighted by Gasteiger charge is 2.10. The van der Waals surface area contributed by atoms with Crippen LogP contribution in [0.5, 0.6) is 0 Å². The van der Waals surface area contributed by atoms with E-state index in [0.29, 0.717) is 6.42 Å². The Morgan fingerprint density at radius 1 is 0.800 bits per heavy atom. The van der Waals surface area contributed by atoms with Gasteiger partial charge in [-0.15, -0.1) is 0 Å². The first-order valence-electron chi connectivity index (χ1n) is 8.32. The van der Waals surface area contributed by atoms with Gasteiger partial charge in [-0.05, 0) is 25.7 Å². The summed E-state index contributed by atoms with van der Waals surface area (Å²) in [6, 6.07) is 0. The van der Waals surface area contributed by atoms with Crippen molar-refractivity contribution in [3.8, 4) is 0 Å². The maximum absolute atomic E-state index is 9.62. The number of aliphatic hydroxyl groups is 3. The number of hydrogen-bond acceptors (Lipinski definition) is 3. The summed E-state index contributed by atoms with van der Waals surface area (Å²) in [5.74, 6) is 0. The van der Waals surface area contributed by atoms with Crippen molar-refractivity contribution in [3.63, 3.8) is 0 Å². The van der Waals surface area contributed by atoms with Crippen LogP contribution in [0, 0.1) is 0 Å². The molecule has 3 heteroatoms. The Morgan fingerprint density at radius 3 is 2.00 bits per heavy atom. The molecule has 0 aromatic rings. The van der Waals surface area contributed by atoms with E-state index >= 15 is 0 Å². The van der Waals surface area contributed by atoms with Gasteiger partial charge in [0.2, 0.25) is 0 Å². The molecule has 0 aliphatic heterocycles. The second-order valence-corrected chi connectivity index (χ2v) is 5.66. The van der Waals surface area contributed by atoms with E-state index in [1.165, 1.54) is 38.5 Å². The zero-order valence-electron chi connectivity index (χ0n) is 13.1. The molecule has 2 unspecified atom stereocenters. The topological polar surface area (TPSA) is 60.7 Å². The van der Waals surface area contributed by atoms with E-state index in [0.717, 1.165) is 25.7 Å². The SMILES string of the molecule is CCC=CCCCCCCCCCC(O)CC(O)CO. The fraction of sp³-hybridized carbons (Fsp3) is 0.882. The highest BCUT2D eigenvalue weighted by molar-refractivity contribution is 4.79. The van der Waals surface area contributed by atoms with Gasteiger partial charge < -0.3 is 15.3 Å². The van der Waals surface area contributed by atoms with Crippen LogP contribution in [0.15, 0.2) is 12.2 Å². The first-order valence-corrected chi connectivity index (χ1v) is 8.32. The van der Waals surface area contributed by atoms with Gasteiger partial charge in [0.05, 0.1) is 18.8 Å². The van der Waals surface area contributed by atoms with Crippen molar-refractivity contribution in [2.75, 3.05) is 6.61 Å². The molecule has 0 rings (SSSR count). The normalized spacial score (nSPS) is 14.8. The molecule has 0 radical (unpaired) electrons. The standard InChI is InChI=1S/C17H34O3/c1-2-3-4-5-6-7-8-9-10-11-12-13-16(19)14-17(20)15-18/h3-4,16-20H,2,5-15H2,1H3. The number of aliphatic hydroxyl groups excluding tert-OH is 3. The van der Waals surface area contributed by atoms with Gasteiger partial charge in [0.25, 0.3) is 0 Å². The van der Waals surface area contributed by atoms with Crippen molar-refractivity contribution >= 4 is 0 Å². The van der Waals surface area contributed by atoms with E-state index in [9.17, 15) is 10.2 Å². The van der Waals surface area contributed by atoms with Gasteiger partial charge in [-0.1, -0.05) is 57.6 Å². The van der Waals surface area contributed by atoms with Gasteiger partial charge in [0, 0.05) is 6.42 Å². The molecule has 120 valence electrons. The van der Waals surface area contributed by atoms with Crippen LogP contribution >= 0.6 is 0 Å². The summed E-state index contributed by atoms with van der Waals surface area (Å²) in [6.45, 7) is 1.91. The number of rotatable bonds is 14.